The Kier molecular flexibility index (Phi) is 5.69. The van der Waals surface area contributed by atoms with Crippen molar-refractivity contribution in [1.29, 1.82) is 0 Å². The van der Waals surface area contributed by atoms with Gasteiger partial charge in [-0.15, -0.1) is 0 Å². The summed E-state index contributed by atoms with van der Waals surface area (Å²) in [7, 11) is 1.59. The number of carbonyl (C=O) groups excluding carboxylic acids is 2. The lowest BCUT2D eigenvalue weighted by atomic mass is 10.1. The lowest BCUT2D eigenvalue weighted by Gasteiger charge is -2.17. The van der Waals surface area contributed by atoms with Gasteiger partial charge in [0.2, 0.25) is 5.91 Å². The number of anilines is 1. The second-order valence-electron chi connectivity index (χ2n) is 6.11. The Morgan fingerprint density at radius 3 is 2.50 bits per heavy atom. The largest absolute Gasteiger partial charge is 0.496 e. The number of methoxy groups -OCH3 is 1. The average molecular weight is 350 g/mol. The number of likely N-dealkylation sites (tertiary alicyclic amines) is 1. The molecule has 2 amide bonds. The van der Waals surface area contributed by atoms with Gasteiger partial charge in [-0.05, 0) is 37.1 Å². The molecule has 1 saturated heterocycles. The fourth-order valence-electron chi connectivity index (χ4n) is 3.01. The zero-order chi connectivity index (χ0) is 18.4. The van der Waals surface area contributed by atoms with Crippen LogP contribution in [0.3, 0.4) is 0 Å². The molecule has 0 spiro atoms. The molecule has 26 heavy (non-hydrogen) atoms. The van der Waals surface area contributed by atoms with Crippen LogP contribution in [0, 0.1) is 0 Å². The van der Waals surface area contributed by atoms with Crippen LogP contribution in [0.25, 0.3) is 6.08 Å². The van der Waals surface area contributed by atoms with Crippen LogP contribution in [0.4, 0.5) is 5.69 Å². The maximum absolute atomic E-state index is 12.7. The number of para-hydroxylation sites is 2. The minimum absolute atomic E-state index is 0.0351. The lowest BCUT2D eigenvalue weighted by molar-refractivity contribution is -0.111. The van der Waals surface area contributed by atoms with Crippen molar-refractivity contribution in [3.05, 3.63) is 65.7 Å². The van der Waals surface area contributed by atoms with Gasteiger partial charge in [-0.3, -0.25) is 9.59 Å². The molecule has 5 nitrogen and oxygen atoms in total. The van der Waals surface area contributed by atoms with Crippen molar-refractivity contribution in [2.45, 2.75) is 12.8 Å². The van der Waals surface area contributed by atoms with E-state index in [0.717, 1.165) is 31.5 Å². The van der Waals surface area contributed by atoms with E-state index >= 15 is 0 Å². The third-order valence-corrected chi connectivity index (χ3v) is 4.36. The number of ether oxygens (including phenoxy) is 1. The summed E-state index contributed by atoms with van der Waals surface area (Å²) in [6.45, 7) is 1.55. The van der Waals surface area contributed by atoms with Crippen molar-refractivity contribution < 1.29 is 14.3 Å². The molecule has 1 aliphatic rings. The van der Waals surface area contributed by atoms with Crippen LogP contribution in [0.15, 0.2) is 54.6 Å². The molecular formula is C21H22N2O3. The smallest absolute Gasteiger partial charge is 0.255 e. The first kappa shape index (κ1) is 17.7. The second-order valence-corrected chi connectivity index (χ2v) is 6.11. The van der Waals surface area contributed by atoms with E-state index in [9.17, 15) is 9.59 Å². The standard InChI is InChI=1S/C21H22N2O3/c1-26-19-11-5-2-8-16(19)12-13-20(24)22-18-10-4-3-9-17(18)21(25)23-14-6-7-15-23/h2-5,8-13H,6-7,14-15H2,1H3,(H,22,24)/b13-12+. The van der Waals surface area contributed by atoms with Gasteiger partial charge < -0.3 is 15.0 Å². The van der Waals surface area contributed by atoms with Crippen molar-refractivity contribution in [2.75, 3.05) is 25.5 Å². The Hall–Kier alpha value is -3.08. The highest BCUT2D eigenvalue weighted by Crippen LogP contribution is 2.21. The van der Waals surface area contributed by atoms with Gasteiger partial charge in [-0.25, -0.2) is 0 Å². The lowest BCUT2D eigenvalue weighted by Crippen LogP contribution is -2.28. The number of benzene rings is 2. The van der Waals surface area contributed by atoms with E-state index in [1.54, 1.807) is 31.4 Å². The average Bonchev–Trinajstić information content (AvgIpc) is 3.21. The van der Waals surface area contributed by atoms with Crippen LogP contribution in [0.1, 0.15) is 28.8 Å². The first-order chi connectivity index (χ1) is 12.7. The fourth-order valence-corrected chi connectivity index (χ4v) is 3.01. The molecular weight excluding hydrogens is 328 g/mol. The molecule has 2 aromatic rings. The molecule has 0 atom stereocenters. The minimum Gasteiger partial charge on any atom is -0.496 e. The SMILES string of the molecule is COc1ccccc1/C=C/C(=O)Nc1ccccc1C(=O)N1CCCC1. The van der Waals surface area contributed by atoms with E-state index in [4.69, 9.17) is 4.74 Å². The molecule has 1 fully saturated rings. The Morgan fingerprint density at radius 2 is 1.73 bits per heavy atom. The van der Waals surface area contributed by atoms with Gasteiger partial charge in [0, 0.05) is 24.7 Å². The molecule has 0 unspecified atom stereocenters. The van der Waals surface area contributed by atoms with Crippen molar-refractivity contribution in [1.82, 2.24) is 4.90 Å². The Labute approximate surface area is 153 Å². The van der Waals surface area contributed by atoms with Crippen molar-refractivity contribution in [2.24, 2.45) is 0 Å². The molecule has 0 saturated carbocycles. The maximum atomic E-state index is 12.7. The summed E-state index contributed by atoms with van der Waals surface area (Å²) >= 11 is 0. The van der Waals surface area contributed by atoms with Crippen LogP contribution in [0.5, 0.6) is 5.75 Å². The number of hydrogen-bond donors (Lipinski definition) is 1. The van der Waals surface area contributed by atoms with Crippen LogP contribution in [-0.2, 0) is 4.79 Å². The molecule has 2 aromatic carbocycles. The van der Waals surface area contributed by atoms with Crippen LogP contribution < -0.4 is 10.1 Å². The van der Waals surface area contributed by atoms with Crippen molar-refractivity contribution in [3.8, 4) is 5.75 Å². The third kappa shape index (κ3) is 4.11. The molecule has 0 aliphatic carbocycles. The molecule has 134 valence electrons. The van der Waals surface area contributed by atoms with Crippen LogP contribution in [-0.4, -0.2) is 36.9 Å². The first-order valence-electron chi connectivity index (χ1n) is 8.69. The number of nitrogens with zero attached hydrogens (tertiary/aromatic N) is 1. The summed E-state index contributed by atoms with van der Waals surface area (Å²) in [6, 6.07) is 14.6. The zero-order valence-electron chi connectivity index (χ0n) is 14.8. The molecule has 3 rings (SSSR count). The minimum atomic E-state index is -0.294. The summed E-state index contributed by atoms with van der Waals surface area (Å²) in [5.41, 5.74) is 1.86. The molecule has 5 heteroatoms. The number of amides is 2. The molecule has 0 radical (unpaired) electrons. The molecule has 0 bridgehead atoms. The number of hydrogen-bond acceptors (Lipinski definition) is 3. The Bertz CT molecular complexity index is 824. The van der Waals surface area contributed by atoms with E-state index in [0.29, 0.717) is 17.0 Å². The van der Waals surface area contributed by atoms with Crippen LogP contribution >= 0.6 is 0 Å². The molecule has 1 aliphatic heterocycles. The number of nitrogens with one attached hydrogen (secondary N) is 1. The van der Waals surface area contributed by atoms with E-state index in [2.05, 4.69) is 5.32 Å². The van der Waals surface area contributed by atoms with Gasteiger partial charge in [0.25, 0.3) is 5.91 Å². The Morgan fingerprint density at radius 1 is 1.04 bits per heavy atom. The predicted octanol–water partition coefficient (Wildman–Crippen LogP) is 3.58. The van der Waals surface area contributed by atoms with E-state index in [1.165, 1.54) is 6.08 Å². The fraction of sp³-hybridized carbons (Fsp3) is 0.238. The van der Waals surface area contributed by atoms with Crippen molar-refractivity contribution in [3.63, 3.8) is 0 Å². The predicted molar refractivity (Wildman–Crippen MR) is 102 cm³/mol. The summed E-state index contributed by atoms with van der Waals surface area (Å²) < 4.78 is 5.27. The van der Waals surface area contributed by atoms with Gasteiger partial charge >= 0.3 is 0 Å². The normalized spacial score (nSPS) is 13.8. The van der Waals surface area contributed by atoms with Gasteiger partial charge in [-0.1, -0.05) is 30.3 Å². The quantitative estimate of drug-likeness (QED) is 0.839. The summed E-state index contributed by atoms with van der Waals surface area (Å²) in [5.74, 6) is 0.367. The van der Waals surface area contributed by atoms with E-state index < -0.39 is 0 Å². The molecule has 1 heterocycles. The van der Waals surface area contributed by atoms with Gasteiger partial charge in [-0.2, -0.15) is 0 Å². The summed E-state index contributed by atoms with van der Waals surface area (Å²) in [5, 5.41) is 2.81. The summed E-state index contributed by atoms with van der Waals surface area (Å²) in [6.07, 6.45) is 5.19. The third-order valence-electron chi connectivity index (χ3n) is 4.36. The summed E-state index contributed by atoms with van der Waals surface area (Å²) in [4.78, 5) is 26.8. The number of carbonyl (C=O) groups is 2. The monoisotopic (exact) mass is 350 g/mol. The first-order valence-corrected chi connectivity index (χ1v) is 8.69. The van der Waals surface area contributed by atoms with Gasteiger partial charge in [0.05, 0.1) is 18.4 Å². The highest BCUT2D eigenvalue weighted by Gasteiger charge is 2.21. The van der Waals surface area contributed by atoms with Gasteiger partial charge in [0.1, 0.15) is 5.75 Å². The second kappa shape index (κ2) is 8.34. The molecule has 0 aromatic heterocycles. The topological polar surface area (TPSA) is 58.6 Å². The number of rotatable bonds is 5. The zero-order valence-corrected chi connectivity index (χ0v) is 14.8. The van der Waals surface area contributed by atoms with Crippen molar-refractivity contribution >= 4 is 23.6 Å². The highest BCUT2D eigenvalue weighted by molar-refractivity contribution is 6.07. The van der Waals surface area contributed by atoms with E-state index in [1.807, 2.05) is 35.2 Å². The van der Waals surface area contributed by atoms with E-state index in [-0.39, 0.29) is 11.8 Å². The van der Waals surface area contributed by atoms with Crippen LogP contribution in [0.2, 0.25) is 0 Å². The Balaban J connectivity index is 1.73. The maximum Gasteiger partial charge on any atom is 0.255 e. The highest BCUT2D eigenvalue weighted by atomic mass is 16.5. The molecule has 1 N–H and O–H groups in total. The van der Waals surface area contributed by atoms with Gasteiger partial charge in [0.15, 0.2) is 0 Å².